The third kappa shape index (κ3) is 3.35. The zero-order valence-electron chi connectivity index (χ0n) is 11.3. The van der Waals surface area contributed by atoms with E-state index in [1.807, 2.05) is 6.07 Å². The second-order valence-corrected chi connectivity index (χ2v) is 4.37. The predicted molar refractivity (Wildman–Crippen MR) is 73.3 cm³/mol. The Morgan fingerprint density at radius 3 is 2.45 bits per heavy atom. The molecule has 0 aliphatic rings. The number of carbonyl (C=O) groups excluding carboxylic acids is 1. The molecule has 2 aromatic rings. The molecule has 0 heterocycles. The second kappa shape index (κ2) is 6.19. The van der Waals surface area contributed by atoms with Crippen LogP contribution < -0.4 is 4.74 Å². The largest absolute Gasteiger partial charge is 0.469 e. The molecule has 0 radical (unpaired) electrons. The number of methoxy groups -OCH3 is 1. The van der Waals surface area contributed by atoms with Crippen LogP contribution in [0.5, 0.6) is 11.5 Å². The van der Waals surface area contributed by atoms with Crippen molar-refractivity contribution >= 4 is 5.97 Å². The molecule has 0 N–H and O–H groups in total. The number of hydrogen-bond donors (Lipinski definition) is 0. The Hall–Kier alpha value is -2.36. The smallest absolute Gasteiger partial charge is 0.312 e. The number of halogens is 1. The van der Waals surface area contributed by atoms with E-state index in [0.29, 0.717) is 11.5 Å². The van der Waals surface area contributed by atoms with Gasteiger partial charge in [0.2, 0.25) is 0 Å². The maximum Gasteiger partial charge on any atom is 0.312 e. The Bertz CT molecular complexity index is 593. The van der Waals surface area contributed by atoms with Crippen molar-refractivity contribution in [2.24, 2.45) is 0 Å². The second-order valence-electron chi connectivity index (χ2n) is 4.37. The monoisotopic (exact) mass is 274 g/mol. The molecule has 0 aliphatic carbocycles. The van der Waals surface area contributed by atoms with Gasteiger partial charge in [-0.2, -0.15) is 0 Å². The Balaban J connectivity index is 2.17. The zero-order valence-corrected chi connectivity index (χ0v) is 11.3. The molecule has 3 nitrogen and oxygen atoms in total. The van der Waals surface area contributed by atoms with Crippen molar-refractivity contribution < 1.29 is 18.7 Å². The van der Waals surface area contributed by atoms with Gasteiger partial charge in [0, 0.05) is 0 Å². The van der Waals surface area contributed by atoms with Crippen molar-refractivity contribution in [3.8, 4) is 11.5 Å². The first-order valence-corrected chi connectivity index (χ1v) is 6.21. The minimum atomic E-state index is -0.364. The van der Waals surface area contributed by atoms with Gasteiger partial charge in [-0.25, -0.2) is 4.39 Å². The standard InChI is InChI=1S/C16H15FO3/c1-11(16(18)19-2)12-4-3-5-15(10-12)20-14-8-6-13(17)7-9-14/h3-11H,1-2H3. The summed E-state index contributed by atoms with van der Waals surface area (Å²) < 4.78 is 23.2. The summed E-state index contributed by atoms with van der Waals surface area (Å²) in [5.41, 5.74) is 0.802. The van der Waals surface area contributed by atoms with E-state index in [4.69, 9.17) is 9.47 Å². The molecular weight excluding hydrogens is 259 g/mol. The average Bonchev–Trinajstić information content (AvgIpc) is 2.48. The SMILES string of the molecule is COC(=O)C(C)c1cccc(Oc2ccc(F)cc2)c1. The lowest BCUT2D eigenvalue weighted by atomic mass is 10.0. The van der Waals surface area contributed by atoms with Crippen molar-refractivity contribution in [1.29, 1.82) is 0 Å². The molecule has 0 aliphatic heterocycles. The van der Waals surface area contributed by atoms with Gasteiger partial charge >= 0.3 is 5.97 Å². The van der Waals surface area contributed by atoms with Gasteiger partial charge in [0.1, 0.15) is 17.3 Å². The highest BCUT2D eigenvalue weighted by atomic mass is 19.1. The molecule has 2 rings (SSSR count). The van der Waals surface area contributed by atoms with Gasteiger partial charge in [-0.15, -0.1) is 0 Å². The summed E-state index contributed by atoms with van der Waals surface area (Å²) >= 11 is 0. The van der Waals surface area contributed by atoms with Gasteiger partial charge in [0.25, 0.3) is 0 Å². The van der Waals surface area contributed by atoms with E-state index in [9.17, 15) is 9.18 Å². The number of benzene rings is 2. The first-order chi connectivity index (χ1) is 9.60. The Labute approximate surface area is 117 Å². The maximum absolute atomic E-state index is 12.8. The Morgan fingerprint density at radius 2 is 1.80 bits per heavy atom. The fourth-order valence-corrected chi connectivity index (χ4v) is 1.80. The van der Waals surface area contributed by atoms with E-state index < -0.39 is 0 Å². The fraction of sp³-hybridized carbons (Fsp3) is 0.188. The molecule has 0 fully saturated rings. The van der Waals surface area contributed by atoms with Crippen LogP contribution in [0, 0.1) is 5.82 Å². The summed E-state index contributed by atoms with van der Waals surface area (Å²) in [6.07, 6.45) is 0. The summed E-state index contributed by atoms with van der Waals surface area (Å²) in [7, 11) is 1.36. The minimum absolute atomic E-state index is 0.302. The van der Waals surface area contributed by atoms with Crippen LogP contribution in [-0.4, -0.2) is 13.1 Å². The summed E-state index contributed by atoms with van der Waals surface area (Å²) in [4.78, 5) is 11.5. The van der Waals surface area contributed by atoms with Crippen LogP contribution in [0.15, 0.2) is 48.5 Å². The van der Waals surface area contributed by atoms with Crippen LogP contribution in [0.3, 0.4) is 0 Å². The molecule has 0 spiro atoms. The molecule has 20 heavy (non-hydrogen) atoms. The highest BCUT2D eigenvalue weighted by Gasteiger charge is 2.16. The molecule has 0 saturated heterocycles. The number of esters is 1. The third-order valence-corrected chi connectivity index (χ3v) is 2.96. The number of hydrogen-bond acceptors (Lipinski definition) is 3. The van der Waals surface area contributed by atoms with Gasteiger partial charge in [-0.1, -0.05) is 12.1 Å². The quantitative estimate of drug-likeness (QED) is 0.793. The summed E-state index contributed by atoms with van der Waals surface area (Å²) in [5, 5.41) is 0. The summed E-state index contributed by atoms with van der Waals surface area (Å²) in [5.74, 6) is 0.144. The molecular formula is C16H15FO3. The number of rotatable bonds is 4. The molecule has 4 heteroatoms. The molecule has 104 valence electrons. The minimum Gasteiger partial charge on any atom is -0.469 e. The van der Waals surface area contributed by atoms with E-state index in [2.05, 4.69) is 0 Å². The molecule has 1 unspecified atom stereocenters. The van der Waals surface area contributed by atoms with E-state index in [0.717, 1.165) is 5.56 Å². The highest BCUT2D eigenvalue weighted by molar-refractivity contribution is 5.77. The average molecular weight is 274 g/mol. The predicted octanol–water partition coefficient (Wildman–Crippen LogP) is 3.89. The van der Waals surface area contributed by atoms with Crippen LogP contribution in [0.2, 0.25) is 0 Å². The Morgan fingerprint density at radius 1 is 1.10 bits per heavy atom. The highest BCUT2D eigenvalue weighted by Crippen LogP contribution is 2.26. The summed E-state index contributed by atoms with van der Waals surface area (Å²) in [6, 6.07) is 12.9. The zero-order chi connectivity index (χ0) is 14.5. The fourth-order valence-electron chi connectivity index (χ4n) is 1.80. The maximum atomic E-state index is 12.8. The topological polar surface area (TPSA) is 35.5 Å². The first-order valence-electron chi connectivity index (χ1n) is 6.21. The molecule has 0 aromatic heterocycles. The van der Waals surface area contributed by atoms with Gasteiger partial charge in [0.05, 0.1) is 13.0 Å². The van der Waals surface area contributed by atoms with E-state index in [-0.39, 0.29) is 17.7 Å². The molecule has 1 atom stereocenters. The van der Waals surface area contributed by atoms with Gasteiger partial charge in [-0.3, -0.25) is 4.79 Å². The first kappa shape index (κ1) is 14.1. The van der Waals surface area contributed by atoms with Crippen LogP contribution >= 0.6 is 0 Å². The molecule has 0 amide bonds. The van der Waals surface area contributed by atoms with Gasteiger partial charge in [-0.05, 0) is 48.9 Å². The van der Waals surface area contributed by atoms with Crippen molar-refractivity contribution in [2.75, 3.05) is 7.11 Å². The lowest BCUT2D eigenvalue weighted by Gasteiger charge is -2.11. The summed E-state index contributed by atoms with van der Waals surface area (Å²) in [6.45, 7) is 1.77. The molecule has 0 bridgehead atoms. The van der Waals surface area contributed by atoms with Crippen LogP contribution in [-0.2, 0) is 9.53 Å². The van der Waals surface area contributed by atoms with Crippen LogP contribution in [0.4, 0.5) is 4.39 Å². The number of ether oxygens (including phenoxy) is 2. The van der Waals surface area contributed by atoms with Gasteiger partial charge in [0.15, 0.2) is 0 Å². The normalized spacial score (nSPS) is 11.8. The lowest BCUT2D eigenvalue weighted by molar-refractivity contribution is -0.141. The van der Waals surface area contributed by atoms with E-state index >= 15 is 0 Å². The van der Waals surface area contributed by atoms with Crippen molar-refractivity contribution in [2.45, 2.75) is 12.8 Å². The molecule has 2 aromatic carbocycles. The van der Waals surface area contributed by atoms with E-state index in [1.54, 1.807) is 37.3 Å². The lowest BCUT2D eigenvalue weighted by Crippen LogP contribution is -2.10. The van der Waals surface area contributed by atoms with Gasteiger partial charge < -0.3 is 9.47 Å². The molecule has 0 saturated carbocycles. The van der Waals surface area contributed by atoms with Crippen LogP contribution in [0.25, 0.3) is 0 Å². The number of carbonyl (C=O) groups is 1. The van der Waals surface area contributed by atoms with Crippen molar-refractivity contribution in [3.63, 3.8) is 0 Å². The Kier molecular flexibility index (Phi) is 4.35. The third-order valence-electron chi connectivity index (χ3n) is 2.96. The van der Waals surface area contributed by atoms with Crippen molar-refractivity contribution in [1.82, 2.24) is 0 Å². The van der Waals surface area contributed by atoms with Crippen molar-refractivity contribution in [3.05, 3.63) is 59.9 Å². The van der Waals surface area contributed by atoms with E-state index in [1.165, 1.54) is 19.2 Å². The van der Waals surface area contributed by atoms with Crippen LogP contribution in [0.1, 0.15) is 18.4 Å².